The maximum atomic E-state index is 9.92. The number of pyridine rings is 1. The molecular formula is C18H19N3OS. The third-order valence-electron chi connectivity index (χ3n) is 4.54. The second kappa shape index (κ2) is 5.89. The highest BCUT2D eigenvalue weighted by Crippen LogP contribution is 2.48. The van der Waals surface area contributed by atoms with E-state index < -0.39 is 0 Å². The van der Waals surface area contributed by atoms with E-state index in [4.69, 9.17) is 4.99 Å². The van der Waals surface area contributed by atoms with Crippen LogP contribution in [0, 0.1) is 0 Å². The minimum atomic E-state index is -0.0187. The van der Waals surface area contributed by atoms with Crippen LogP contribution < -0.4 is 0 Å². The predicted octanol–water partition coefficient (Wildman–Crippen LogP) is 3.77. The van der Waals surface area contributed by atoms with Gasteiger partial charge in [0.2, 0.25) is 0 Å². The van der Waals surface area contributed by atoms with Crippen LogP contribution in [0.15, 0.2) is 53.7 Å². The van der Waals surface area contributed by atoms with Crippen molar-refractivity contribution in [2.45, 2.75) is 31.5 Å². The van der Waals surface area contributed by atoms with Crippen molar-refractivity contribution < 1.29 is 5.11 Å². The summed E-state index contributed by atoms with van der Waals surface area (Å²) in [7, 11) is 0. The van der Waals surface area contributed by atoms with Crippen LogP contribution in [0.4, 0.5) is 0 Å². The zero-order valence-electron chi connectivity index (χ0n) is 13.0. The van der Waals surface area contributed by atoms with Gasteiger partial charge in [0.25, 0.3) is 0 Å². The number of thioether (sulfide) groups is 1. The Labute approximate surface area is 140 Å². The molecule has 3 heterocycles. The summed E-state index contributed by atoms with van der Waals surface area (Å²) >= 11 is 1.83. The van der Waals surface area contributed by atoms with Crippen LogP contribution in [0.5, 0.6) is 5.75 Å². The fourth-order valence-corrected chi connectivity index (χ4v) is 4.76. The Kier molecular flexibility index (Phi) is 3.73. The summed E-state index contributed by atoms with van der Waals surface area (Å²) in [5.41, 5.74) is 2.08. The first-order valence-corrected chi connectivity index (χ1v) is 8.95. The maximum absolute atomic E-state index is 9.92. The van der Waals surface area contributed by atoms with Crippen molar-refractivity contribution in [1.82, 2.24) is 9.88 Å². The molecule has 2 aromatic rings. The molecule has 0 bridgehead atoms. The van der Waals surface area contributed by atoms with Crippen LogP contribution in [-0.4, -0.2) is 32.0 Å². The first-order chi connectivity index (χ1) is 11.3. The molecule has 2 aliphatic heterocycles. The van der Waals surface area contributed by atoms with Gasteiger partial charge < -0.3 is 10.0 Å². The number of aromatic hydroxyl groups is 1. The van der Waals surface area contributed by atoms with E-state index in [9.17, 15) is 5.11 Å². The van der Waals surface area contributed by atoms with E-state index in [0.29, 0.717) is 11.8 Å². The van der Waals surface area contributed by atoms with Crippen LogP contribution >= 0.6 is 11.8 Å². The third kappa shape index (κ3) is 2.49. The van der Waals surface area contributed by atoms with Gasteiger partial charge in [-0.05, 0) is 36.2 Å². The van der Waals surface area contributed by atoms with E-state index in [1.807, 2.05) is 48.3 Å². The maximum Gasteiger partial charge on any atom is 0.160 e. The van der Waals surface area contributed by atoms with Crippen molar-refractivity contribution in [3.63, 3.8) is 0 Å². The highest BCUT2D eigenvalue weighted by atomic mass is 32.2. The summed E-state index contributed by atoms with van der Waals surface area (Å²) in [6, 6.07) is 14.1. The number of hydrogen-bond donors (Lipinski definition) is 1. The monoisotopic (exact) mass is 325 g/mol. The summed E-state index contributed by atoms with van der Waals surface area (Å²) in [5, 5.41) is 11.0. The van der Waals surface area contributed by atoms with Crippen molar-refractivity contribution in [2.24, 2.45) is 4.99 Å². The molecule has 0 spiro atoms. The Morgan fingerprint density at radius 2 is 2.17 bits per heavy atom. The Hall–Kier alpha value is -2.01. The van der Waals surface area contributed by atoms with Crippen LogP contribution in [0.1, 0.15) is 36.7 Å². The van der Waals surface area contributed by atoms with E-state index in [0.717, 1.165) is 28.6 Å². The summed E-state index contributed by atoms with van der Waals surface area (Å²) in [5.74, 6) is 1.38. The van der Waals surface area contributed by atoms with Crippen molar-refractivity contribution in [3.05, 3.63) is 59.9 Å². The molecule has 2 aliphatic rings. The lowest BCUT2D eigenvalue weighted by Gasteiger charge is -2.31. The zero-order valence-corrected chi connectivity index (χ0v) is 13.8. The van der Waals surface area contributed by atoms with Crippen LogP contribution in [0.2, 0.25) is 0 Å². The molecule has 0 saturated carbocycles. The van der Waals surface area contributed by atoms with E-state index in [-0.39, 0.29) is 12.1 Å². The molecule has 4 rings (SSSR count). The molecule has 0 unspecified atom stereocenters. The molecule has 0 aliphatic carbocycles. The highest BCUT2D eigenvalue weighted by molar-refractivity contribution is 8.14. The zero-order chi connectivity index (χ0) is 15.8. The Morgan fingerprint density at radius 1 is 1.26 bits per heavy atom. The number of amidine groups is 1. The molecule has 1 fully saturated rings. The lowest BCUT2D eigenvalue weighted by atomic mass is 9.95. The molecule has 118 valence electrons. The lowest BCUT2D eigenvalue weighted by molar-refractivity contribution is 0.255. The van der Waals surface area contributed by atoms with Gasteiger partial charge in [0.15, 0.2) is 5.17 Å². The molecule has 0 amide bonds. The molecular weight excluding hydrogens is 306 g/mol. The number of phenolic OH excluding ortho intramolecular Hbond substituents is 1. The van der Waals surface area contributed by atoms with E-state index in [1.54, 1.807) is 6.07 Å². The summed E-state index contributed by atoms with van der Waals surface area (Å²) in [4.78, 5) is 11.9. The van der Waals surface area contributed by atoms with Gasteiger partial charge in [-0.25, -0.2) is 0 Å². The smallest absolute Gasteiger partial charge is 0.160 e. The van der Waals surface area contributed by atoms with Gasteiger partial charge in [0.05, 0.1) is 11.7 Å². The normalized spacial score (nSPS) is 26.2. The number of rotatable bonds is 3. The molecule has 4 nitrogen and oxygen atoms in total. The number of aliphatic imine (C=N–C) groups is 1. The summed E-state index contributed by atoms with van der Waals surface area (Å²) < 4.78 is 0. The Bertz CT molecular complexity index is 734. The third-order valence-corrected chi connectivity index (χ3v) is 5.67. The number of fused-ring (bicyclic) bond motifs is 1. The van der Waals surface area contributed by atoms with Gasteiger partial charge in [0.1, 0.15) is 11.8 Å². The topological polar surface area (TPSA) is 48.7 Å². The first-order valence-electron chi connectivity index (χ1n) is 7.96. The van der Waals surface area contributed by atoms with Gasteiger partial charge in [-0.1, -0.05) is 36.9 Å². The van der Waals surface area contributed by atoms with Crippen LogP contribution in [0.25, 0.3) is 0 Å². The standard InChI is InChI=1S/C18H19N3OS/c1-2-13-11-23-18-20-16(15-8-3-4-9-19-15)17(21(13)18)12-6-5-7-14(22)10-12/h3-10,13,16-17,22H,2,11H2,1H3/t13-,16+,17-/m1/s1. The van der Waals surface area contributed by atoms with E-state index in [1.165, 1.54) is 0 Å². The first kappa shape index (κ1) is 14.6. The van der Waals surface area contributed by atoms with Crippen LogP contribution in [0.3, 0.4) is 0 Å². The van der Waals surface area contributed by atoms with Gasteiger partial charge in [-0.3, -0.25) is 9.98 Å². The number of phenols is 1. The molecule has 1 aromatic heterocycles. The number of hydrogen-bond acceptors (Lipinski definition) is 5. The lowest BCUT2D eigenvalue weighted by Crippen LogP contribution is -2.35. The molecule has 1 saturated heterocycles. The average molecular weight is 325 g/mol. The minimum Gasteiger partial charge on any atom is -0.508 e. The van der Waals surface area contributed by atoms with Crippen molar-refractivity contribution in [2.75, 3.05) is 5.75 Å². The van der Waals surface area contributed by atoms with Crippen molar-refractivity contribution in [3.8, 4) is 5.75 Å². The Morgan fingerprint density at radius 3 is 2.91 bits per heavy atom. The van der Waals surface area contributed by atoms with Gasteiger partial charge in [-0.2, -0.15) is 0 Å². The summed E-state index contributed by atoms with van der Waals surface area (Å²) in [6.07, 6.45) is 2.92. The quantitative estimate of drug-likeness (QED) is 0.933. The number of aromatic nitrogens is 1. The van der Waals surface area contributed by atoms with Crippen molar-refractivity contribution in [1.29, 1.82) is 0 Å². The fourth-order valence-electron chi connectivity index (χ4n) is 3.42. The molecule has 23 heavy (non-hydrogen) atoms. The average Bonchev–Trinajstić information content (AvgIpc) is 3.14. The van der Waals surface area contributed by atoms with Gasteiger partial charge in [-0.15, -0.1) is 0 Å². The fraction of sp³-hybridized carbons (Fsp3) is 0.333. The summed E-state index contributed by atoms with van der Waals surface area (Å²) in [6.45, 7) is 2.22. The SMILES string of the molecule is CC[C@@H]1CSC2=N[C@@H](c3ccccn3)[C@@H](c3cccc(O)c3)N21. The van der Waals surface area contributed by atoms with Gasteiger partial charge in [0, 0.05) is 18.0 Å². The number of nitrogens with zero attached hydrogens (tertiary/aromatic N) is 3. The van der Waals surface area contributed by atoms with E-state index >= 15 is 0 Å². The Balaban J connectivity index is 1.80. The van der Waals surface area contributed by atoms with Gasteiger partial charge >= 0.3 is 0 Å². The van der Waals surface area contributed by atoms with E-state index in [2.05, 4.69) is 22.9 Å². The van der Waals surface area contributed by atoms with Crippen molar-refractivity contribution >= 4 is 16.9 Å². The predicted molar refractivity (Wildman–Crippen MR) is 93.6 cm³/mol. The largest absolute Gasteiger partial charge is 0.508 e. The highest BCUT2D eigenvalue weighted by Gasteiger charge is 2.45. The number of benzene rings is 1. The molecule has 3 atom stereocenters. The minimum absolute atomic E-state index is 0.0187. The second-order valence-electron chi connectivity index (χ2n) is 5.93. The molecule has 5 heteroatoms. The molecule has 1 N–H and O–H groups in total. The second-order valence-corrected chi connectivity index (χ2v) is 6.92. The van der Waals surface area contributed by atoms with Crippen LogP contribution in [-0.2, 0) is 0 Å². The molecule has 1 aromatic carbocycles. The molecule has 0 radical (unpaired) electrons.